The molecule has 0 aliphatic carbocycles. The van der Waals surface area contributed by atoms with Gasteiger partial charge in [-0.15, -0.1) is 0 Å². The van der Waals surface area contributed by atoms with Crippen LogP contribution in [0.1, 0.15) is 16.7 Å². The molecule has 24 heavy (non-hydrogen) atoms. The molecule has 2 aromatic carbocycles. The van der Waals surface area contributed by atoms with Crippen LogP contribution in [0.5, 0.6) is 0 Å². The van der Waals surface area contributed by atoms with Gasteiger partial charge in [-0.05, 0) is 41.5 Å². The number of fused-ring (bicyclic) bond motifs is 1. The van der Waals surface area contributed by atoms with E-state index in [-0.39, 0.29) is 22.8 Å². The van der Waals surface area contributed by atoms with Crippen molar-refractivity contribution in [2.45, 2.75) is 23.2 Å². The number of hydrogen-bond acceptors (Lipinski definition) is 3. The van der Waals surface area contributed by atoms with Crippen molar-refractivity contribution in [3.05, 3.63) is 59.2 Å². The van der Waals surface area contributed by atoms with Gasteiger partial charge in [-0.1, -0.05) is 12.1 Å². The van der Waals surface area contributed by atoms with E-state index in [9.17, 15) is 26.4 Å². The highest BCUT2D eigenvalue weighted by molar-refractivity contribution is 7.90. The molecule has 126 valence electrons. The maximum atomic E-state index is 12.5. The van der Waals surface area contributed by atoms with Gasteiger partial charge in [0.2, 0.25) is 5.91 Å². The van der Waals surface area contributed by atoms with Crippen LogP contribution >= 0.6 is 0 Å². The number of nitrogens with one attached hydrogen (secondary N) is 1. The quantitative estimate of drug-likeness (QED) is 0.920. The number of sulfone groups is 1. The van der Waals surface area contributed by atoms with Crippen LogP contribution in [0.15, 0.2) is 47.4 Å². The van der Waals surface area contributed by atoms with Crippen molar-refractivity contribution in [2.75, 3.05) is 5.32 Å². The molecule has 4 nitrogen and oxygen atoms in total. The number of carbonyl (C=O) groups is 1. The monoisotopic (exact) mass is 355 g/mol. The van der Waals surface area contributed by atoms with Crippen molar-refractivity contribution in [1.29, 1.82) is 0 Å². The fraction of sp³-hybridized carbons (Fsp3) is 0.188. The van der Waals surface area contributed by atoms with E-state index in [2.05, 4.69) is 5.32 Å². The molecule has 1 amide bonds. The molecule has 0 spiro atoms. The Morgan fingerprint density at radius 2 is 1.71 bits per heavy atom. The second kappa shape index (κ2) is 5.62. The van der Waals surface area contributed by atoms with Gasteiger partial charge in [0, 0.05) is 5.69 Å². The smallest absolute Gasteiger partial charge is 0.326 e. The van der Waals surface area contributed by atoms with Gasteiger partial charge in [0.25, 0.3) is 0 Å². The summed E-state index contributed by atoms with van der Waals surface area (Å²) in [5.74, 6) is -0.618. The number of benzene rings is 2. The van der Waals surface area contributed by atoms with E-state index in [1.54, 1.807) is 0 Å². The minimum absolute atomic E-state index is 0.0395. The molecule has 0 bridgehead atoms. The minimum atomic E-state index is -4.46. The predicted octanol–water partition coefficient (Wildman–Crippen LogP) is 3.17. The molecule has 2 aromatic rings. The zero-order chi connectivity index (χ0) is 17.5. The first kappa shape index (κ1) is 16.5. The number of halogens is 3. The first-order valence-corrected chi connectivity index (χ1v) is 8.62. The number of anilines is 1. The minimum Gasteiger partial charge on any atom is -0.326 e. The second-order valence-electron chi connectivity index (χ2n) is 5.50. The highest BCUT2D eigenvalue weighted by atomic mass is 32.2. The lowest BCUT2D eigenvalue weighted by Gasteiger charge is -2.09. The molecule has 0 radical (unpaired) electrons. The molecular formula is C16H12F3NO3S. The first-order chi connectivity index (χ1) is 11.1. The maximum absolute atomic E-state index is 12.5. The Morgan fingerprint density at radius 1 is 1.04 bits per heavy atom. The van der Waals surface area contributed by atoms with E-state index in [4.69, 9.17) is 0 Å². The zero-order valence-electron chi connectivity index (χ0n) is 12.2. The molecule has 1 aliphatic rings. The Morgan fingerprint density at radius 3 is 2.33 bits per heavy atom. The van der Waals surface area contributed by atoms with Gasteiger partial charge in [-0.2, -0.15) is 13.2 Å². The number of carbonyl (C=O) groups excluding carboxylic acids is 1. The second-order valence-corrected chi connectivity index (χ2v) is 7.49. The molecular weight excluding hydrogens is 343 g/mol. The topological polar surface area (TPSA) is 63.2 Å². The molecule has 1 heterocycles. The third kappa shape index (κ3) is 3.28. The summed E-state index contributed by atoms with van der Waals surface area (Å²) >= 11 is 0. The van der Waals surface area contributed by atoms with Crippen LogP contribution in [0.25, 0.3) is 0 Å². The summed E-state index contributed by atoms with van der Waals surface area (Å²) in [5.41, 5.74) is 0.602. The van der Waals surface area contributed by atoms with Gasteiger partial charge < -0.3 is 5.32 Å². The van der Waals surface area contributed by atoms with Crippen LogP contribution < -0.4 is 5.32 Å². The third-order valence-corrected chi connectivity index (χ3v) is 5.38. The van der Waals surface area contributed by atoms with E-state index in [1.165, 1.54) is 18.2 Å². The molecule has 3 rings (SSSR count). The number of amides is 1. The average molecular weight is 355 g/mol. The van der Waals surface area contributed by atoms with Crippen LogP contribution in [0.4, 0.5) is 18.9 Å². The van der Waals surface area contributed by atoms with Crippen molar-refractivity contribution in [2.24, 2.45) is 0 Å². The first-order valence-electron chi connectivity index (χ1n) is 6.97. The van der Waals surface area contributed by atoms with Gasteiger partial charge in [-0.25, -0.2) is 8.42 Å². The molecule has 0 fully saturated rings. The molecule has 0 atom stereocenters. The van der Waals surface area contributed by atoms with E-state index in [1.807, 2.05) is 0 Å². The third-order valence-electron chi connectivity index (χ3n) is 3.70. The molecule has 0 unspecified atom stereocenters. The summed E-state index contributed by atoms with van der Waals surface area (Å²) in [6, 6.07) is 8.33. The molecule has 1 aliphatic heterocycles. The van der Waals surface area contributed by atoms with Crippen molar-refractivity contribution < 1.29 is 26.4 Å². The summed E-state index contributed by atoms with van der Waals surface area (Å²) < 4.78 is 62.5. The predicted molar refractivity (Wildman–Crippen MR) is 81.1 cm³/mol. The standard InChI is InChI=1S/C16H12F3NO3S/c17-16(18,19)12-3-1-10(2-4-12)9-24(22,23)13-5-6-14-11(7-13)8-15(21)20-14/h1-7H,8-9H2,(H,20,21). The Labute approximate surface area is 136 Å². The van der Waals surface area contributed by atoms with Gasteiger partial charge in [0.05, 0.1) is 22.6 Å². The lowest BCUT2D eigenvalue weighted by Crippen LogP contribution is -2.07. The van der Waals surface area contributed by atoms with Crippen molar-refractivity contribution in [3.8, 4) is 0 Å². The normalized spacial score (nSPS) is 14.4. The molecule has 0 aromatic heterocycles. The summed E-state index contributed by atoms with van der Waals surface area (Å²) in [6.07, 6.45) is -4.35. The highest BCUT2D eigenvalue weighted by Crippen LogP contribution is 2.30. The summed E-state index contributed by atoms with van der Waals surface area (Å²) in [6.45, 7) is 0. The van der Waals surface area contributed by atoms with E-state index < -0.39 is 27.3 Å². The van der Waals surface area contributed by atoms with E-state index >= 15 is 0 Å². The van der Waals surface area contributed by atoms with Crippen LogP contribution in [-0.4, -0.2) is 14.3 Å². The molecule has 1 N–H and O–H groups in total. The Hall–Kier alpha value is -2.35. The van der Waals surface area contributed by atoms with Gasteiger partial charge in [0.15, 0.2) is 9.84 Å². The number of rotatable bonds is 3. The average Bonchev–Trinajstić information content (AvgIpc) is 2.85. The van der Waals surface area contributed by atoms with Gasteiger partial charge in [0.1, 0.15) is 0 Å². The lowest BCUT2D eigenvalue weighted by atomic mass is 10.1. The summed E-state index contributed by atoms with van der Waals surface area (Å²) in [5, 5.41) is 2.61. The molecule has 0 saturated heterocycles. The van der Waals surface area contributed by atoms with Crippen LogP contribution in [0, 0.1) is 0 Å². The van der Waals surface area contributed by atoms with Gasteiger partial charge in [-0.3, -0.25) is 4.79 Å². The fourth-order valence-electron chi connectivity index (χ4n) is 2.49. The summed E-state index contributed by atoms with van der Waals surface area (Å²) in [4.78, 5) is 11.4. The maximum Gasteiger partial charge on any atom is 0.416 e. The largest absolute Gasteiger partial charge is 0.416 e. The number of alkyl halides is 3. The zero-order valence-corrected chi connectivity index (χ0v) is 13.0. The lowest BCUT2D eigenvalue weighted by molar-refractivity contribution is -0.137. The summed E-state index contributed by atoms with van der Waals surface area (Å²) in [7, 11) is -3.72. The van der Waals surface area contributed by atoms with Crippen molar-refractivity contribution in [1.82, 2.24) is 0 Å². The van der Waals surface area contributed by atoms with E-state index in [0.29, 0.717) is 11.3 Å². The highest BCUT2D eigenvalue weighted by Gasteiger charge is 2.30. The van der Waals surface area contributed by atoms with Crippen molar-refractivity contribution in [3.63, 3.8) is 0 Å². The van der Waals surface area contributed by atoms with E-state index in [0.717, 1.165) is 24.3 Å². The Kier molecular flexibility index (Phi) is 3.87. The van der Waals surface area contributed by atoms with Crippen LogP contribution in [-0.2, 0) is 33.0 Å². The number of hydrogen-bond donors (Lipinski definition) is 1. The fourth-order valence-corrected chi connectivity index (χ4v) is 3.89. The Bertz CT molecular complexity index is 903. The molecule has 0 saturated carbocycles. The van der Waals surface area contributed by atoms with Crippen LogP contribution in [0.3, 0.4) is 0 Å². The molecule has 8 heteroatoms. The van der Waals surface area contributed by atoms with Crippen molar-refractivity contribution >= 4 is 21.4 Å². The SMILES string of the molecule is O=C1Cc2cc(S(=O)(=O)Cc3ccc(C(F)(F)F)cc3)ccc2N1. The van der Waals surface area contributed by atoms with Crippen LogP contribution in [0.2, 0.25) is 0 Å². The Balaban J connectivity index is 1.84. The van der Waals surface area contributed by atoms with Gasteiger partial charge >= 0.3 is 6.18 Å².